The first-order chi connectivity index (χ1) is 8.88. The van der Waals surface area contributed by atoms with Crippen molar-refractivity contribution in [1.29, 1.82) is 0 Å². The average molecular weight is 342 g/mol. The largest absolute Gasteiger partial charge is 0.391 e. The minimum absolute atomic E-state index is 0.0173. The lowest BCUT2D eigenvalue weighted by Crippen LogP contribution is -2.44. The van der Waals surface area contributed by atoms with Gasteiger partial charge < -0.3 is 4.90 Å². The zero-order valence-electron chi connectivity index (χ0n) is 10.8. The molecule has 1 saturated carbocycles. The maximum Gasteiger partial charge on any atom is 0.391 e. The van der Waals surface area contributed by atoms with Gasteiger partial charge in [0.1, 0.15) is 0 Å². The van der Waals surface area contributed by atoms with Crippen LogP contribution in [0.3, 0.4) is 0 Å². The molecule has 2 atom stereocenters. The second-order valence-corrected chi connectivity index (χ2v) is 6.90. The zero-order chi connectivity index (χ0) is 14.0. The van der Waals surface area contributed by atoms with Gasteiger partial charge in [0.25, 0.3) is 0 Å². The lowest BCUT2D eigenvalue weighted by molar-refractivity contribution is -0.187. The first kappa shape index (κ1) is 15.1. The molecule has 1 aliphatic carbocycles. The van der Waals surface area contributed by atoms with Crippen molar-refractivity contribution in [3.8, 4) is 0 Å². The molecule has 1 aliphatic heterocycles. The maximum atomic E-state index is 12.7. The first-order valence-electron chi connectivity index (χ1n) is 6.87. The number of carbonyl (C=O) groups excluding carboxylic acids is 1. The van der Waals surface area contributed by atoms with E-state index in [1.165, 1.54) is 0 Å². The van der Waals surface area contributed by atoms with Gasteiger partial charge in [-0.1, -0.05) is 22.4 Å². The highest BCUT2D eigenvalue weighted by Crippen LogP contribution is 2.40. The molecule has 0 aromatic rings. The molecule has 0 aromatic carbocycles. The van der Waals surface area contributed by atoms with Gasteiger partial charge in [-0.2, -0.15) is 13.2 Å². The molecule has 2 nitrogen and oxygen atoms in total. The summed E-state index contributed by atoms with van der Waals surface area (Å²) in [5.41, 5.74) is 0. The number of halogens is 4. The molecule has 1 heterocycles. The van der Waals surface area contributed by atoms with Crippen molar-refractivity contribution in [3.63, 3.8) is 0 Å². The van der Waals surface area contributed by atoms with Gasteiger partial charge in [0, 0.05) is 23.8 Å². The summed E-state index contributed by atoms with van der Waals surface area (Å²) in [6.07, 6.45) is -1.09. The first-order valence-corrected chi connectivity index (χ1v) is 7.79. The van der Waals surface area contributed by atoms with Crippen LogP contribution in [0.15, 0.2) is 0 Å². The Kier molecular flexibility index (Phi) is 4.79. The minimum atomic E-state index is -4.15. The highest BCUT2D eigenvalue weighted by Gasteiger charge is 2.44. The number of carbonyl (C=O) groups is 1. The monoisotopic (exact) mass is 341 g/mol. The van der Waals surface area contributed by atoms with Crippen molar-refractivity contribution >= 4 is 21.8 Å². The van der Waals surface area contributed by atoms with Crippen molar-refractivity contribution in [2.45, 2.75) is 49.5 Å². The predicted octanol–water partition coefficient (Wildman–Crippen LogP) is 3.74. The van der Waals surface area contributed by atoms with Crippen LogP contribution in [0.2, 0.25) is 0 Å². The Bertz CT molecular complexity index is 326. The molecule has 0 aromatic heterocycles. The van der Waals surface area contributed by atoms with E-state index < -0.39 is 18.0 Å². The second-order valence-electron chi connectivity index (χ2n) is 5.60. The van der Waals surface area contributed by atoms with Gasteiger partial charge in [0.2, 0.25) is 5.91 Å². The Hall–Kier alpha value is -0.260. The minimum Gasteiger partial charge on any atom is -0.342 e. The van der Waals surface area contributed by atoms with Crippen LogP contribution in [0.4, 0.5) is 13.2 Å². The lowest BCUT2D eigenvalue weighted by Gasteiger charge is -2.36. The number of amides is 1. The Labute approximate surface area is 119 Å². The normalized spacial score (nSPS) is 30.4. The molecule has 2 fully saturated rings. The summed E-state index contributed by atoms with van der Waals surface area (Å²) in [4.78, 5) is 14.5. The number of hydrogen-bond acceptors (Lipinski definition) is 1. The number of alkyl halides is 4. The van der Waals surface area contributed by atoms with Crippen LogP contribution in [-0.4, -0.2) is 34.9 Å². The summed E-state index contributed by atoms with van der Waals surface area (Å²) in [7, 11) is 0. The number of nitrogens with zero attached hydrogens (tertiary/aromatic N) is 1. The van der Waals surface area contributed by atoms with E-state index in [4.69, 9.17) is 0 Å². The van der Waals surface area contributed by atoms with Crippen LogP contribution in [0.5, 0.6) is 0 Å². The fourth-order valence-corrected chi connectivity index (χ4v) is 3.45. The lowest BCUT2D eigenvalue weighted by atomic mass is 9.80. The molecule has 1 saturated heterocycles. The van der Waals surface area contributed by atoms with Crippen LogP contribution in [0.1, 0.15) is 38.5 Å². The fraction of sp³-hybridized carbons (Fsp3) is 0.923. The Morgan fingerprint density at radius 1 is 1.11 bits per heavy atom. The van der Waals surface area contributed by atoms with Crippen LogP contribution in [0.25, 0.3) is 0 Å². The van der Waals surface area contributed by atoms with Gasteiger partial charge in [-0.3, -0.25) is 4.79 Å². The van der Waals surface area contributed by atoms with Gasteiger partial charge in [-0.05, 0) is 32.1 Å². The molecule has 2 unspecified atom stereocenters. The SMILES string of the molecule is O=C(C1CCCC(C(F)(F)F)C1)N1CCC(Br)CC1. The molecule has 0 bridgehead atoms. The third kappa shape index (κ3) is 3.86. The van der Waals surface area contributed by atoms with Gasteiger partial charge >= 0.3 is 6.18 Å². The van der Waals surface area contributed by atoms with Gasteiger partial charge in [-0.25, -0.2) is 0 Å². The van der Waals surface area contributed by atoms with Gasteiger partial charge in [0.05, 0.1) is 5.92 Å². The fourth-order valence-electron chi connectivity index (χ4n) is 3.04. The van der Waals surface area contributed by atoms with Gasteiger partial charge in [-0.15, -0.1) is 0 Å². The number of likely N-dealkylation sites (tertiary alicyclic amines) is 1. The molecule has 0 radical (unpaired) electrons. The highest BCUT2D eigenvalue weighted by atomic mass is 79.9. The number of piperidine rings is 1. The molecule has 2 rings (SSSR count). The van der Waals surface area contributed by atoms with Gasteiger partial charge in [0.15, 0.2) is 0 Å². The molecular weight excluding hydrogens is 323 g/mol. The summed E-state index contributed by atoms with van der Waals surface area (Å²) >= 11 is 3.51. The third-order valence-electron chi connectivity index (χ3n) is 4.22. The third-order valence-corrected chi connectivity index (χ3v) is 5.14. The molecule has 19 heavy (non-hydrogen) atoms. The number of hydrogen-bond donors (Lipinski definition) is 0. The quantitative estimate of drug-likeness (QED) is 0.665. The Balaban J connectivity index is 1.92. The molecule has 0 N–H and O–H groups in total. The average Bonchev–Trinajstić information content (AvgIpc) is 2.38. The predicted molar refractivity (Wildman–Crippen MR) is 70.0 cm³/mol. The number of rotatable bonds is 1. The van der Waals surface area contributed by atoms with E-state index in [9.17, 15) is 18.0 Å². The van der Waals surface area contributed by atoms with Crippen LogP contribution in [0, 0.1) is 11.8 Å². The van der Waals surface area contributed by atoms with Crippen LogP contribution in [-0.2, 0) is 4.79 Å². The van der Waals surface area contributed by atoms with E-state index in [0.29, 0.717) is 30.8 Å². The molecule has 110 valence electrons. The zero-order valence-corrected chi connectivity index (χ0v) is 12.3. The van der Waals surface area contributed by atoms with Crippen molar-refractivity contribution < 1.29 is 18.0 Å². The maximum absolute atomic E-state index is 12.7. The molecule has 2 aliphatic rings. The molecule has 0 spiro atoms. The van der Waals surface area contributed by atoms with Crippen molar-refractivity contribution in [3.05, 3.63) is 0 Å². The summed E-state index contributed by atoms with van der Waals surface area (Å²) in [6.45, 7) is 1.34. The summed E-state index contributed by atoms with van der Waals surface area (Å²) in [5.74, 6) is -1.77. The Morgan fingerprint density at radius 2 is 1.74 bits per heavy atom. The van der Waals surface area contributed by atoms with E-state index in [0.717, 1.165) is 12.8 Å². The van der Waals surface area contributed by atoms with E-state index >= 15 is 0 Å². The molecule has 6 heteroatoms. The summed E-state index contributed by atoms with van der Waals surface area (Å²) in [5, 5.41) is 0. The molecular formula is C13H19BrF3NO. The summed E-state index contributed by atoms with van der Waals surface area (Å²) < 4.78 is 38.2. The Morgan fingerprint density at radius 3 is 2.32 bits per heavy atom. The molecule has 1 amide bonds. The van der Waals surface area contributed by atoms with Crippen molar-refractivity contribution in [2.24, 2.45) is 11.8 Å². The smallest absolute Gasteiger partial charge is 0.342 e. The second kappa shape index (κ2) is 6.02. The van der Waals surface area contributed by atoms with E-state index in [1.54, 1.807) is 4.90 Å². The summed E-state index contributed by atoms with van der Waals surface area (Å²) in [6, 6.07) is 0. The van der Waals surface area contributed by atoms with Crippen molar-refractivity contribution in [2.75, 3.05) is 13.1 Å². The van der Waals surface area contributed by atoms with Crippen LogP contribution < -0.4 is 0 Å². The van der Waals surface area contributed by atoms with Crippen LogP contribution >= 0.6 is 15.9 Å². The van der Waals surface area contributed by atoms with E-state index in [-0.39, 0.29) is 18.7 Å². The topological polar surface area (TPSA) is 20.3 Å². The highest BCUT2D eigenvalue weighted by molar-refractivity contribution is 9.09. The standard InChI is InChI=1S/C13H19BrF3NO/c14-11-4-6-18(7-5-11)12(19)9-2-1-3-10(8-9)13(15,16)17/h9-11H,1-8H2. The van der Waals surface area contributed by atoms with E-state index in [2.05, 4.69) is 15.9 Å². The van der Waals surface area contributed by atoms with Crippen molar-refractivity contribution in [1.82, 2.24) is 4.90 Å². The van der Waals surface area contributed by atoms with E-state index in [1.807, 2.05) is 0 Å².